The van der Waals surface area contributed by atoms with E-state index in [2.05, 4.69) is 0 Å². The second-order valence-electron chi connectivity index (χ2n) is 3.34. The Hall–Kier alpha value is -1.85. The van der Waals surface area contributed by atoms with Crippen molar-refractivity contribution >= 4 is 17.8 Å². The third-order valence-electron chi connectivity index (χ3n) is 2.27. The van der Waals surface area contributed by atoms with Crippen LogP contribution in [-0.2, 0) is 14.4 Å². The van der Waals surface area contributed by atoms with E-state index in [1.165, 1.54) is 4.90 Å². The molecular weight excluding hydrogens is 200 g/mol. The van der Waals surface area contributed by atoms with Crippen molar-refractivity contribution in [3.63, 3.8) is 0 Å². The number of carbonyl (C=O) groups excluding carboxylic acids is 2. The lowest BCUT2D eigenvalue weighted by Gasteiger charge is -2.12. The van der Waals surface area contributed by atoms with Crippen molar-refractivity contribution < 1.29 is 19.5 Å². The monoisotopic (exact) mass is 212 g/mol. The summed E-state index contributed by atoms with van der Waals surface area (Å²) < 4.78 is 0. The zero-order valence-electron chi connectivity index (χ0n) is 8.05. The molecule has 1 saturated heterocycles. The van der Waals surface area contributed by atoms with Gasteiger partial charge in [0.05, 0.1) is 5.92 Å². The maximum Gasteiger partial charge on any atom is 0.328 e. The predicted molar refractivity (Wildman–Crippen MR) is 50.7 cm³/mol. The van der Waals surface area contributed by atoms with Crippen LogP contribution in [0, 0.1) is 5.92 Å². The molecule has 1 unspecified atom stereocenters. The number of carboxylic acid groups (broad SMARTS) is 1. The zero-order valence-corrected chi connectivity index (χ0v) is 8.05. The molecule has 6 heteroatoms. The number of likely N-dealkylation sites (tertiary alicyclic amines) is 1. The van der Waals surface area contributed by atoms with Crippen molar-refractivity contribution in [1.29, 1.82) is 0 Å². The van der Waals surface area contributed by atoms with E-state index in [1.807, 2.05) is 0 Å². The third-order valence-corrected chi connectivity index (χ3v) is 2.27. The first-order valence-electron chi connectivity index (χ1n) is 4.50. The second-order valence-corrected chi connectivity index (χ2v) is 3.34. The van der Waals surface area contributed by atoms with Gasteiger partial charge in [-0.2, -0.15) is 0 Å². The fourth-order valence-corrected chi connectivity index (χ4v) is 1.44. The maximum atomic E-state index is 11.3. The molecule has 15 heavy (non-hydrogen) atoms. The van der Waals surface area contributed by atoms with Gasteiger partial charge >= 0.3 is 5.97 Å². The molecule has 0 aliphatic carbocycles. The Balaban J connectivity index is 2.50. The molecule has 2 amide bonds. The van der Waals surface area contributed by atoms with Crippen LogP contribution in [0.2, 0.25) is 0 Å². The number of hydrogen-bond acceptors (Lipinski definition) is 3. The summed E-state index contributed by atoms with van der Waals surface area (Å²) >= 11 is 0. The lowest BCUT2D eigenvalue weighted by Crippen LogP contribution is -2.30. The Morgan fingerprint density at radius 2 is 2.00 bits per heavy atom. The van der Waals surface area contributed by atoms with Gasteiger partial charge in [0.25, 0.3) is 0 Å². The Morgan fingerprint density at radius 3 is 2.47 bits per heavy atom. The van der Waals surface area contributed by atoms with Gasteiger partial charge in [0.1, 0.15) is 0 Å². The van der Waals surface area contributed by atoms with Crippen molar-refractivity contribution in [3.8, 4) is 0 Å². The number of amides is 2. The second kappa shape index (κ2) is 4.59. The topological polar surface area (TPSA) is 101 Å². The maximum absolute atomic E-state index is 11.3. The average Bonchev–Trinajstić information content (AvgIpc) is 2.62. The van der Waals surface area contributed by atoms with Gasteiger partial charge in [-0.15, -0.1) is 0 Å². The lowest BCUT2D eigenvalue weighted by molar-refractivity contribution is -0.132. The van der Waals surface area contributed by atoms with Crippen LogP contribution >= 0.6 is 0 Å². The largest absolute Gasteiger partial charge is 0.478 e. The van der Waals surface area contributed by atoms with Crippen molar-refractivity contribution in [3.05, 3.63) is 12.2 Å². The highest BCUT2D eigenvalue weighted by atomic mass is 16.4. The molecular formula is C9H12N2O4. The molecule has 82 valence electrons. The number of hydrogen-bond donors (Lipinski definition) is 2. The molecule has 1 heterocycles. The van der Waals surface area contributed by atoms with Gasteiger partial charge in [0, 0.05) is 25.2 Å². The van der Waals surface area contributed by atoms with E-state index in [9.17, 15) is 14.4 Å². The highest BCUT2D eigenvalue weighted by Gasteiger charge is 2.28. The summed E-state index contributed by atoms with van der Waals surface area (Å²) in [6.07, 6.45) is 2.30. The van der Waals surface area contributed by atoms with Crippen LogP contribution in [0.1, 0.15) is 6.42 Å². The minimum absolute atomic E-state index is 0.276. The van der Waals surface area contributed by atoms with Crippen LogP contribution in [0.4, 0.5) is 0 Å². The number of nitrogens with zero attached hydrogens (tertiary/aromatic N) is 1. The first-order chi connectivity index (χ1) is 7.00. The summed E-state index contributed by atoms with van der Waals surface area (Å²) in [4.78, 5) is 33.7. The van der Waals surface area contributed by atoms with Crippen LogP contribution in [0.5, 0.6) is 0 Å². The minimum Gasteiger partial charge on any atom is -0.478 e. The van der Waals surface area contributed by atoms with Crippen LogP contribution < -0.4 is 5.73 Å². The molecule has 1 atom stereocenters. The SMILES string of the molecule is NC(=O)C1CCN(C(=O)/C=C/C(=O)O)C1. The molecule has 1 aliphatic heterocycles. The number of rotatable bonds is 3. The Kier molecular flexibility index (Phi) is 3.43. The molecule has 0 bridgehead atoms. The highest BCUT2D eigenvalue weighted by Crippen LogP contribution is 2.15. The van der Waals surface area contributed by atoms with E-state index in [-0.39, 0.29) is 12.5 Å². The van der Waals surface area contributed by atoms with Gasteiger partial charge in [-0.25, -0.2) is 4.79 Å². The first kappa shape index (κ1) is 11.2. The van der Waals surface area contributed by atoms with Gasteiger partial charge in [0.15, 0.2) is 0 Å². The summed E-state index contributed by atoms with van der Waals surface area (Å²) in [6, 6.07) is 0. The Bertz CT molecular complexity index is 324. The fraction of sp³-hybridized carbons (Fsp3) is 0.444. The fourth-order valence-electron chi connectivity index (χ4n) is 1.44. The molecule has 0 aromatic carbocycles. The Morgan fingerprint density at radius 1 is 1.33 bits per heavy atom. The number of aliphatic carboxylic acids is 1. The normalized spacial score (nSPS) is 20.8. The molecule has 0 aromatic rings. The molecule has 1 fully saturated rings. The molecule has 0 radical (unpaired) electrons. The van der Waals surface area contributed by atoms with E-state index in [4.69, 9.17) is 10.8 Å². The van der Waals surface area contributed by atoms with Crippen LogP contribution in [0.3, 0.4) is 0 Å². The van der Waals surface area contributed by atoms with Crippen molar-refractivity contribution in [2.75, 3.05) is 13.1 Å². The van der Waals surface area contributed by atoms with Gasteiger partial charge < -0.3 is 15.7 Å². The summed E-state index contributed by atoms with van der Waals surface area (Å²) in [5, 5.41) is 8.31. The van der Waals surface area contributed by atoms with Gasteiger partial charge in [-0.3, -0.25) is 9.59 Å². The van der Waals surface area contributed by atoms with Crippen LogP contribution in [0.25, 0.3) is 0 Å². The zero-order chi connectivity index (χ0) is 11.4. The number of primary amides is 1. The number of nitrogens with two attached hydrogens (primary N) is 1. The first-order valence-corrected chi connectivity index (χ1v) is 4.50. The molecule has 0 saturated carbocycles. The van der Waals surface area contributed by atoms with E-state index in [0.29, 0.717) is 13.0 Å². The molecule has 1 aliphatic rings. The molecule has 3 N–H and O–H groups in total. The average molecular weight is 212 g/mol. The molecule has 0 spiro atoms. The van der Waals surface area contributed by atoms with E-state index in [0.717, 1.165) is 12.2 Å². The quantitative estimate of drug-likeness (QED) is 0.583. The van der Waals surface area contributed by atoms with Crippen LogP contribution in [-0.4, -0.2) is 40.9 Å². The van der Waals surface area contributed by atoms with E-state index in [1.54, 1.807) is 0 Å². The van der Waals surface area contributed by atoms with Crippen molar-refractivity contribution in [2.45, 2.75) is 6.42 Å². The van der Waals surface area contributed by atoms with Crippen molar-refractivity contribution in [2.24, 2.45) is 11.7 Å². The van der Waals surface area contributed by atoms with Crippen molar-refractivity contribution in [1.82, 2.24) is 4.90 Å². The van der Waals surface area contributed by atoms with Gasteiger partial charge in [-0.1, -0.05) is 0 Å². The minimum atomic E-state index is -1.17. The predicted octanol–water partition coefficient (Wildman–Crippen LogP) is -1.04. The Labute approximate surface area is 86.3 Å². The summed E-state index contributed by atoms with van der Waals surface area (Å²) in [5.74, 6) is -2.31. The smallest absolute Gasteiger partial charge is 0.328 e. The molecule has 6 nitrogen and oxygen atoms in total. The summed E-state index contributed by atoms with van der Waals surface area (Å²) in [7, 11) is 0. The van der Waals surface area contributed by atoms with Gasteiger partial charge in [0.2, 0.25) is 11.8 Å². The highest BCUT2D eigenvalue weighted by molar-refractivity contribution is 5.94. The van der Waals surface area contributed by atoms with E-state index >= 15 is 0 Å². The summed E-state index contributed by atoms with van der Waals surface area (Å²) in [5.41, 5.74) is 5.09. The standard InChI is InChI=1S/C9H12N2O4/c10-9(15)6-3-4-11(5-6)7(12)1-2-8(13)14/h1-2,6H,3-5H2,(H2,10,15)(H,13,14)/b2-1+. The lowest BCUT2D eigenvalue weighted by atomic mass is 10.1. The number of carbonyl (C=O) groups is 3. The third kappa shape index (κ3) is 3.08. The van der Waals surface area contributed by atoms with E-state index < -0.39 is 17.8 Å². The molecule has 1 rings (SSSR count). The molecule has 0 aromatic heterocycles. The van der Waals surface area contributed by atoms with Crippen LogP contribution in [0.15, 0.2) is 12.2 Å². The summed E-state index contributed by atoms with van der Waals surface area (Å²) in [6.45, 7) is 0.717. The number of carboxylic acids is 1. The van der Waals surface area contributed by atoms with Gasteiger partial charge in [-0.05, 0) is 6.42 Å².